The number of nitrogens with one attached hydrogen (secondary N) is 1. The van der Waals surface area contributed by atoms with Gasteiger partial charge in [0.05, 0.1) is 30.4 Å². The van der Waals surface area contributed by atoms with Crippen LogP contribution in [0, 0.1) is 5.92 Å². The molecule has 3 rings (SSSR count). The van der Waals surface area contributed by atoms with Crippen molar-refractivity contribution in [1.82, 2.24) is 19.9 Å². The molecule has 150 valence electrons. The summed E-state index contributed by atoms with van der Waals surface area (Å²) in [4.78, 5) is 33.8. The lowest BCUT2D eigenvalue weighted by atomic mass is 9.99. The third-order valence-corrected chi connectivity index (χ3v) is 5.32. The van der Waals surface area contributed by atoms with E-state index in [4.69, 9.17) is 0 Å². The van der Waals surface area contributed by atoms with E-state index in [2.05, 4.69) is 16.9 Å². The second-order valence-corrected chi connectivity index (χ2v) is 7.30. The molecule has 1 aliphatic rings. The fraction of sp³-hybridized carbons (Fsp3) is 0.476. The normalized spacial score (nSPS) is 17.5. The summed E-state index contributed by atoms with van der Waals surface area (Å²) in [6.07, 6.45) is 6.41. The highest BCUT2D eigenvalue weighted by Gasteiger charge is 2.35. The van der Waals surface area contributed by atoms with Gasteiger partial charge in [-0.1, -0.05) is 50.1 Å². The number of hydrogen-bond acceptors (Lipinski definition) is 4. The summed E-state index contributed by atoms with van der Waals surface area (Å²) in [6.45, 7) is 2.75. The van der Waals surface area contributed by atoms with Crippen LogP contribution in [0.5, 0.6) is 0 Å². The van der Waals surface area contributed by atoms with Crippen molar-refractivity contribution in [3.8, 4) is 11.3 Å². The average molecular weight is 384 g/mol. The highest BCUT2D eigenvalue weighted by atomic mass is 16.5. The minimum Gasteiger partial charge on any atom is -0.340 e. The molecule has 2 amide bonds. The summed E-state index contributed by atoms with van der Waals surface area (Å²) in [5.41, 5.74) is 1.99. The fourth-order valence-electron chi connectivity index (χ4n) is 3.83. The Kier molecular flexibility index (Phi) is 6.81. The summed E-state index contributed by atoms with van der Waals surface area (Å²) in [5, 5.41) is 10.2. The molecule has 0 radical (unpaired) electrons. The van der Waals surface area contributed by atoms with Crippen LogP contribution in [0.15, 0.2) is 36.5 Å². The number of benzene rings is 1. The first-order chi connectivity index (χ1) is 13.6. The van der Waals surface area contributed by atoms with Gasteiger partial charge in [-0.25, -0.2) is 10.0 Å². The fourth-order valence-corrected chi connectivity index (χ4v) is 3.83. The summed E-state index contributed by atoms with van der Waals surface area (Å²) < 4.78 is 0. The average Bonchev–Trinajstić information content (AvgIpc) is 3.40. The van der Waals surface area contributed by atoms with E-state index in [-0.39, 0.29) is 18.5 Å². The van der Waals surface area contributed by atoms with E-state index < -0.39 is 5.92 Å². The summed E-state index contributed by atoms with van der Waals surface area (Å²) in [5.74, 6) is 0.365. The molecule has 1 aromatic heterocycles. The van der Waals surface area contributed by atoms with Gasteiger partial charge in [-0.2, -0.15) is 0 Å². The first-order valence-corrected chi connectivity index (χ1v) is 9.95. The van der Waals surface area contributed by atoms with Gasteiger partial charge in [0, 0.05) is 6.54 Å². The number of carbonyl (C=O) groups is 2. The quantitative estimate of drug-likeness (QED) is 0.394. The predicted molar refractivity (Wildman–Crippen MR) is 105 cm³/mol. The molecule has 7 nitrogen and oxygen atoms in total. The van der Waals surface area contributed by atoms with Gasteiger partial charge in [0.15, 0.2) is 0 Å². The minimum absolute atomic E-state index is 0.0190. The first-order valence-electron chi connectivity index (χ1n) is 9.95. The van der Waals surface area contributed by atoms with Gasteiger partial charge in [0.2, 0.25) is 12.3 Å². The van der Waals surface area contributed by atoms with Crippen molar-refractivity contribution < 1.29 is 14.8 Å². The molecule has 2 aromatic rings. The maximum absolute atomic E-state index is 13.2. The summed E-state index contributed by atoms with van der Waals surface area (Å²) in [7, 11) is 0. The molecule has 1 aliphatic heterocycles. The topological polar surface area (TPSA) is 89.5 Å². The van der Waals surface area contributed by atoms with E-state index in [1.165, 1.54) is 0 Å². The number of likely N-dealkylation sites (tertiary alicyclic amines) is 1. The van der Waals surface area contributed by atoms with Crippen molar-refractivity contribution in [3.63, 3.8) is 0 Å². The van der Waals surface area contributed by atoms with E-state index in [9.17, 15) is 14.8 Å². The molecule has 7 heteroatoms. The van der Waals surface area contributed by atoms with Crippen LogP contribution < -0.4 is 0 Å². The number of rotatable bonds is 9. The SMILES string of the molecule is CCCC[C@@H](CN(O)C=O)C(=O)N1CCC[C@H]1c1ncc(-c2ccccc2)[nH]1. The van der Waals surface area contributed by atoms with Crippen molar-refractivity contribution in [3.05, 3.63) is 42.4 Å². The van der Waals surface area contributed by atoms with Gasteiger partial charge in [0.1, 0.15) is 5.82 Å². The van der Waals surface area contributed by atoms with Crippen molar-refractivity contribution in [1.29, 1.82) is 0 Å². The molecule has 2 atom stereocenters. The number of hydrogen-bond donors (Lipinski definition) is 2. The van der Waals surface area contributed by atoms with Crippen LogP contribution >= 0.6 is 0 Å². The Balaban J connectivity index is 1.76. The Labute approximate surface area is 165 Å². The van der Waals surface area contributed by atoms with Crippen molar-refractivity contribution >= 4 is 12.3 Å². The van der Waals surface area contributed by atoms with E-state index in [0.29, 0.717) is 24.4 Å². The van der Waals surface area contributed by atoms with Gasteiger partial charge in [0.25, 0.3) is 0 Å². The van der Waals surface area contributed by atoms with Gasteiger partial charge < -0.3 is 9.88 Å². The predicted octanol–water partition coefficient (Wildman–Crippen LogP) is 3.39. The van der Waals surface area contributed by atoms with Gasteiger partial charge >= 0.3 is 0 Å². The molecule has 0 unspecified atom stereocenters. The van der Waals surface area contributed by atoms with Gasteiger partial charge in [-0.05, 0) is 24.8 Å². The second-order valence-electron chi connectivity index (χ2n) is 7.30. The standard InChI is InChI=1S/C21H28N4O3/c1-2-3-8-17(14-24(28)15-26)21(27)25-12-7-11-19(25)20-22-13-18(23-20)16-9-5-4-6-10-16/h4-6,9-10,13,15,17,19,28H,2-3,7-8,11-12,14H2,1H3,(H,22,23)/t17-,19-/m0/s1. The molecular weight excluding hydrogens is 356 g/mol. The van der Waals surface area contributed by atoms with Crippen molar-refractivity contribution in [2.45, 2.75) is 45.1 Å². The van der Waals surface area contributed by atoms with E-state index in [0.717, 1.165) is 42.8 Å². The maximum Gasteiger partial charge on any atom is 0.233 e. The molecule has 2 heterocycles. The van der Waals surface area contributed by atoms with E-state index in [1.54, 1.807) is 0 Å². The Morgan fingerprint density at radius 3 is 2.93 bits per heavy atom. The zero-order chi connectivity index (χ0) is 19.9. The molecule has 1 fully saturated rings. The maximum atomic E-state index is 13.2. The highest BCUT2D eigenvalue weighted by Crippen LogP contribution is 2.33. The number of unbranched alkanes of at least 4 members (excludes halogenated alkanes) is 1. The molecule has 0 spiro atoms. The van der Waals surface area contributed by atoms with Gasteiger partial charge in [-0.15, -0.1) is 0 Å². The highest BCUT2D eigenvalue weighted by molar-refractivity contribution is 5.80. The molecule has 1 saturated heterocycles. The number of H-pyrrole nitrogens is 1. The Morgan fingerprint density at radius 2 is 2.21 bits per heavy atom. The first kappa shape index (κ1) is 20.1. The van der Waals surface area contributed by atoms with Crippen LogP contribution in [0.2, 0.25) is 0 Å². The minimum atomic E-state index is -0.403. The van der Waals surface area contributed by atoms with Crippen LogP contribution in [0.3, 0.4) is 0 Å². The zero-order valence-corrected chi connectivity index (χ0v) is 16.3. The Hall–Kier alpha value is -2.67. The van der Waals surface area contributed by atoms with Crippen molar-refractivity contribution in [2.75, 3.05) is 13.1 Å². The van der Waals surface area contributed by atoms with Crippen LogP contribution in [0.4, 0.5) is 0 Å². The summed E-state index contributed by atoms with van der Waals surface area (Å²) >= 11 is 0. The third-order valence-electron chi connectivity index (χ3n) is 5.32. The molecule has 0 bridgehead atoms. The molecule has 2 N–H and O–H groups in total. The monoisotopic (exact) mass is 384 g/mol. The van der Waals surface area contributed by atoms with Crippen LogP contribution in [-0.2, 0) is 9.59 Å². The number of aromatic nitrogens is 2. The number of imidazole rings is 1. The number of hydroxylamine groups is 2. The smallest absolute Gasteiger partial charge is 0.233 e. The Morgan fingerprint density at radius 1 is 1.43 bits per heavy atom. The lowest BCUT2D eigenvalue weighted by molar-refractivity contribution is -0.157. The third kappa shape index (κ3) is 4.59. The summed E-state index contributed by atoms with van der Waals surface area (Å²) in [6, 6.07) is 9.87. The molecule has 0 aliphatic carbocycles. The number of nitrogens with zero attached hydrogens (tertiary/aromatic N) is 3. The molecule has 1 aromatic carbocycles. The van der Waals surface area contributed by atoms with Gasteiger partial charge in [-0.3, -0.25) is 14.8 Å². The van der Waals surface area contributed by atoms with Crippen LogP contribution in [-0.4, -0.2) is 50.5 Å². The van der Waals surface area contributed by atoms with E-state index >= 15 is 0 Å². The van der Waals surface area contributed by atoms with Crippen molar-refractivity contribution in [2.24, 2.45) is 5.92 Å². The van der Waals surface area contributed by atoms with E-state index in [1.807, 2.05) is 41.4 Å². The lowest BCUT2D eigenvalue weighted by Crippen LogP contribution is -2.40. The zero-order valence-electron chi connectivity index (χ0n) is 16.3. The Bertz CT molecular complexity index is 777. The number of carbonyl (C=O) groups excluding carboxylic acids is 2. The number of aromatic amines is 1. The molecule has 0 saturated carbocycles. The number of amides is 2. The largest absolute Gasteiger partial charge is 0.340 e. The lowest BCUT2D eigenvalue weighted by Gasteiger charge is -2.29. The molecular formula is C21H28N4O3. The second kappa shape index (κ2) is 9.50. The molecule has 28 heavy (non-hydrogen) atoms. The van der Waals surface area contributed by atoms with Crippen LogP contribution in [0.25, 0.3) is 11.3 Å². The van der Waals surface area contributed by atoms with Crippen LogP contribution in [0.1, 0.15) is 50.9 Å².